The second-order valence-electron chi connectivity index (χ2n) is 7.35. The van der Waals surface area contributed by atoms with Gasteiger partial charge in [-0.1, -0.05) is 41.5 Å². The fourth-order valence-electron chi connectivity index (χ4n) is 1.79. The van der Waals surface area contributed by atoms with E-state index in [-0.39, 0.29) is 28.7 Å². The SMILES string of the molecule is CC(C)NC(=O)C(CC(C)(C)C)C(C)(C)C. The Bertz CT molecular complexity index is 230. The Morgan fingerprint density at radius 3 is 1.75 bits per heavy atom. The van der Waals surface area contributed by atoms with Crippen LogP contribution in [-0.4, -0.2) is 11.9 Å². The monoisotopic (exact) mass is 227 g/mol. The molecule has 0 heterocycles. The van der Waals surface area contributed by atoms with E-state index in [2.05, 4.69) is 46.9 Å². The zero-order valence-corrected chi connectivity index (χ0v) is 12.3. The van der Waals surface area contributed by atoms with E-state index in [9.17, 15) is 4.79 Å². The molecule has 16 heavy (non-hydrogen) atoms. The first-order valence-electron chi connectivity index (χ1n) is 6.24. The highest BCUT2D eigenvalue weighted by atomic mass is 16.2. The Balaban J connectivity index is 4.76. The molecule has 1 unspecified atom stereocenters. The van der Waals surface area contributed by atoms with Crippen LogP contribution in [0.2, 0.25) is 0 Å². The van der Waals surface area contributed by atoms with Crippen LogP contribution in [0.1, 0.15) is 61.8 Å². The van der Waals surface area contributed by atoms with Crippen molar-refractivity contribution in [2.24, 2.45) is 16.7 Å². The lowest BCUT2D eigenvalue weighted by Crippen LogP contribution is -2.42. The van der Waals surface area contributed by atoms with Crippen LogP contribution in [0.15, 0.2) is 0 Å². The van der Waals surface area contributed by atoms with Gasteiger partial charge in [-0.25, -0.2) is 0 Å². The molecule has 2 heteroatoms. The van der Waals surface area contributed by atoms with Crippen molar-refractivity contribution in [3.8, 4) is 0 Å². The summed E-state index contributed by atoms with van der Waals surface area (Å²) >= 11 is 0. The summed E-state index contributed by atoms with van der Waals surface area (Å²) in [6, 6.07) is 0.220. The average Bonchev–Trinajstić information content (AvgIpc) is 1.94. The van der Waals surface area contributed by atoms with Crippen molar-refractivity contribution >= 4 is 5.91 Å². The highest BCUT2D eigenvalue weighted by molar-refractivity contribution is 5.79. The summed E-state index contributed by atoms with van der Waals surface area (Å²) in [7, 11) is 0. The molecule has 0 fully saturated rings. The molecule has 0 aliphatic carbocycles. The quantitative estimate of drug-likeness (QED) is 0.784. The van der Waals surface area contributed by atoms with Crippen LogP contribution in [0, 0.1) is 16.7 Å². The first-order valence-corrected chi connectivity index (χ1v) is 6.24. The van der Waals surface area contributed by atoms with Crippen LogP contribution in [-0.2, 0) is 4.79 Å². The van der Waals surface area contributed by atoms with Gasteiger partial charge >= 0.3 is 0 Å². The van der Waals surface area contributed by atoms with Crippen LogP contribution < -0.4 is 5.32 Å². The van der Waals surface area contributed by atoms with E-state index in [1.54, 1.807) is 0 Å². The molecule has 0 saturated heterocycles. The molecule has 0 aromatic carbocycles. The topological polar surface area (TPSA) is 29.1 Å². The van der Waals surface area contributed by atoms with E-state index in [0.717, 1.165) is 6.42 Å². The number of hydrogen-bond donors (Lipinski definition) is 1. The first kappa shape index (κ1) is 15.5. The fraction of sp³-hybridized carbons (Fsp3) is 0.929. The molecule has 0 saturated carbocycles. The van der Waals surface area contributed by atoms with Crippen molar-refractivity contribution in [3.05, 3.63) is 0 Å². The largest absolute Gasteiger partial charge is 0.354 e. The third-order valence-electron chi connectivity index (χ3n) is 2.61. The Hall–Kier alpha value is -0.530. The molecule has 1 atom stereocenters. The third kappa shape index (κ3) is 6.14. The average molecular weight is 227 g/mol. The molecule has 0 rings (SSSR count). The Labute approximate surface area is 101 Å². The van der Waals surface area contributed by atoms with E-state index >= 15 is 0 Å². The van der Waals surface area contributed by atoms with Gasteiger partial charge in [0.15, 0.2) is 0 Å². The smallest absolute Gasteiger partial charge is 0.223 e. The van der Waals surface area contributed by atoms with Crippen molar-refractivity contribution in [1.29, 1.82) is 0 Å². The zero-order chi connectivity index (χ0) is 13.1. The van der Waals surface area contributed by atoms with Gasteiger partial charge in [-0.05, 0) is 31.1 Å². The van der Waals surface area contributed by atoms with Gasteiger partial charge in [-0.2, -0.15) is 0 Å². The summed E-state index contributed by atoms with van der Waals surface area (Å²) in [5.74, 6) is 0.271. The predicted octanol–water partition coefficient (Wildman–Crippen LogP) is 3.61. The van der Waals surface area contributed by atoms with Gasteiger partial charge in [0, 0.05) is 12.0 Å². The molecule has 1 N–H and O–H groups in total. The van der Waals surface area contributed by atoms with Crippen LogP contribution in [0.25, 0.3) is 0 Å². The van der Waals surface area contributed by atoms with E-state index in [4.69, 9.17) is 0 Å². The maximum atomic E-state index is 12.2. The molecule has 0 aliphatic heterocycles. The van der Waals surface area contributed by atoms with Crippen molar-refractivity contribution in [3.63, 3.8) is 0 Å². The Morgan fingerprint density at radius 1 is 1.06 bits per heavy atom. The summed E-state index contributed by atoms with van der Waals surface area (Å²) in [5, 5.41) is 3.03. The number of carbonyl (C=O) groups is 1. The summed E-state index contributed by atoms with van der Waals surface area (Å²) < 4.78 is 0. The van der Waals surface area contributed by atoms with Crippen molar-refractivity contribution in [2.45, 2.75) is 67.9 Å². The lowest BCUT2D eigenvalue weighted by Gasteiger charge is -2.35. The van der Waals surface area contributed by atoms with Crippen molar-refractivity contribution < 1.29 is 4.79 Å². The molecule has 0 radical (unpaired) electrons. The second-order valence-corrected chi connectivity index (χ2v) is 7.35. The minimum Gasteiger partial charge on any atom is -0.354 e. The lowest BCUT2D eigenvalue weighted by atomic mass is 9.71. The predicted molar refractivity (Wildman–Crippen MR) is 70.3 cm³/mol. The molecule has 1 amide bonds. The summed E-state index contributed by atoms with van der Waals surface area (Å²) in [6.07, 6.45) is 0.926. The normalized spacial score (nSPS) is 15.1. The maximum absolute atomic E-state index is 12.2. The van der Waals surface area contributed by atoms with Gasteiger partial charge in [-0.3, -0.25) is 4.79 Å². The summed E-state index contributed by atoms with van der Waals surface area (Å²) in [6.45, 7) is 17.0. The van der Waals surface area contributed by atoms with Gasteiger partial charge < -0.3 is 5.32 Å². The Kier molecular flexibility index (Phi) is 5.03. The number of nitrogens with one attached hydrogen (secondary N) is 1. The van der Waals surface area contributed by atoms with Gasteiger partial charge in [0.2, 0.25) is 5.91 Å². The molecule has 96 valence electrons. The van der Waals surface area contributed by atoms with Gasteiger partial charge in [0.05, 0.1) is 0 Å². The van der Waals surface area contributed by atoms with Crippen molar-refractivity contribution in [1.82, 2.24) is 5.32 Å². The minimum atomic E-state index is 0.0201. The van der Waals surface area contributed by atoms with Crippen molar-refractivity contribution in [2.75, 3.05) is 0 Å². The third-order valence-corrected chi connectivity index (χ3v) is 2.61. The van der Waals surface area contributed by atoms with E-state index in [1.807, 2.05) is 13.8 Å². The number of rotatable bonds is 3. The van der Waals surface area contributed by atoms with E-state index in [0.29, 0.717) is 0 Å². The minimum absolute atomic E-state index is 0.0201. The maximum Gasteiger partial charge on any atom is 0.223 e. The molecular weight excluding hydrogens is 198 g/mol. The van der Waals surface area contributed by atoms with Crippen LogP contribution in [0.3, 0.4) is 0 Å². The van der Waals surface area contributed by atoms with Gasteiger partial charge in [0.25, 0.3) is 0 Å². The standard InChI is InChI=1S/C14H29NO/c1-10(2)15-12(16)11(14(6,7)8)9-13(3,4)5/h10-11H,9H2,1-8H3,(H,15,16). The van der Waals surface area contributed by atoms with E-state index < -0.39 is 0 Å². The van der Waals surface area contributed by atoms with E-state index in [1.165, 1.54) is 0 Å². The fourth-order valence-corrected chi connectivity index (χ4v) is 1.79. The molecular formula is C14H29NO. The summed E-state index contributed by atoms with van der Waals surface area (Å²) in [5.41, 5.74) is 0.207. The number of amides is 1. The van der Waals surface area contributed by atoms with Crippen LogP contribution in [0.4, 0.5) is 0 Å². The number of carbonyl (C=O) groups excluding carboxylic acids is 1. The Morgan fingerprint density at radius 2 is 1.50 bits per heavy atom. The molecule has 2 nitrogen and oxygen atoms in total. The highest BCUT2D eigenvalue weighted by Gasteiger charge is 2.34. The zero-order valence-electron chi connectivity index (χ0n) is 12.3. The van der Waals surface area contributed by atoms with Gasteiger partial charge in [0.1, 0.15) is 0 Å². The molecule has 0 aliphatic rings. The number of hydrogen-bond acceptors (Lipinski definition) is 1. The second kappa shape index (κ2) is 5.20. The molecule has 0 aromatic rings. The van der Waals surface area contributed by atoms with Gasteiger partial charge in [-0.15, -0.1) is 0 Å². The highest BCUT2D eigenvalue weighted by Crippen LogP contribution is 2.36. The molecule has 0 aromatic heterocycles. The van der Waals surface area contributed by atoms with Crippen LogP contribution in [0.5, 0.6) is 0 Å². The molecule has 0 spiro atoms. The lowest BCUT2D eigenvalue weighted by molar-refractivity contribution is -0.130. The summed E-state index contributed by atoms with van der Waals surface area (Å²) in [4.78, 5) is 12.2. The van der Waals surface area contributed by atoms with Crippen LogP contribution >= 0.6 is 0 Å². The first-order chi connectivity index (χ1) is 6.93. The molecule has 0 bridgehead atoms.